The van der Waals surface area contributed by atoms with Gasteiger partial charge in [-0.1, -0.05) is 0 Å². The summed E-state index contributed by atoms with van der Waals surface area (Å²) in [5.74, 6) is 2.61. The Morgan fingerprint density at radius 2 is 2.36 bits per heavy atom. The summed E-state index contributed by atoms with van der Waals surface area (Å²) >= 11 is 0. The van der Waals surface area contributed by atoms with Crippen molar-refractivity contribution < 1.29 is 0 Å². The molecule has 0 bridgehead atoms. The van der Waals surface area contributed by atoms with Gasteiger partial charge in [0.15, 0.2) is 0 Å². The van der Waals surface area contributed by atoms with Crippen molar-refractivity contribution in [2.45, 2.75) is 12.8 Å². The van der Waals surface area contributed by atoms with E-state index < -0.39 is 0 Å². The second-order valence-electron chi connectivity index (χ2n) is 4.43. The summed E-state index contributed by atoms with van der Waals surface area (Å²) in [6.45, 7) is 2.40. The van der Waals surface area contributed by atoms with Crippen LogP contribution in [0.1, 0.15) is 12.8 Å². The number of hydrogen-bond donors (Lipinski definition) is 1. The standard InChI is InChI=1S/C11H15N3/c12-11-6-10(1-3-13-11)14-4-2-8-5-9(8)7-14/h1,3,6,8-9H,2,4-5,7H2,(H2,12,13). The predicted molar refractivity (Wildman–Crippen MR) is 57.1 cm³/mol. The first kappa shape index (κ1) is 8.09. The first-order valence-corrected chi connectivity index (χ1v) is 5.29. The zero-order valence-electron chi connectivity index (χ0n) is 8.19. The van der Waals surface area contributed by atoms with Crippen LogP contribution in [0.5, 0.6) is 0 Å². The monoisotopic (exact) mass is 189 g/mol. The van der Waals surface area contributed by atoms with Gasteiger partial charge in [-0.05, 0) is 30.7 Å². The average Bonchev–Trinajstić information content (AvgIpc) is 2.95. The Labute approximate surface area is 83.9 Å². The largest absolute Gasteiger partial charge is 0.384 e. The molecule has 2 N–H and O–H groups in total. The quantitative estimate of drug-likeness (QED) is 0.728. The van der Waals surface area contributed by atoms with Crippen LogP contribution in [0.3, 0.4) is 0 Å². The predicted octanol–water partition coefficient (Wildman–Crippen LogP) is 1.51. The Hall–Kier alpha value is -1.25. The van der Waals surface area contributed by atoms with E-state index in [0.29, 0.717) is 5.82 Å². The smallest absolute Gasteiger partial charge is 0.125 e. The number of piperidine rings is 1. The van der Waals surface area contributed by atoms with E-state index in [0.717, 1.165) is 11.8 Å². The van der Waals surface area contributed by atoms with Gasteiger partial charge in [-0.25, -0.2) is 4.98 Å². The molecule has 14 heavy (non-hydrogen) atoms. The van der Waals surface area contributed by atoms with E-state index in [2.05, 4.69) is 16.0 Å². The van der Waals surface area contributed by atoms with Crippen LogP contribution in [-0.4, -0.2) is 18.1 Å². The molecule has 0 amide bonds. The molecule has 2 atom stereocenters. The molecule has 1 saturated carbocycles. The zero-order valence-corrected chi connectivity index (χ0v) is 8.19. The highest BCUT2D eigenvalue weighted by atomic mass is 15.2. The number of nitrogens with two attached hydrogens (primary N) is 1. The van der Waals surface area contributed by atoms with Crippen molar-refractivity contribution in [2.75, 3.05) is 23.7 Å². The van der Waals surface area contributed by atoms with Gasteiger partial charge in [0.1, 0.15) is 5.82 Å². The van der Waals surface area contributed by atoms with Gasteiger partial charge < -0.3 is 10.6 Å². The van der Waals surface area contributed by atoms with Crippen LogP contribution in [0.15, 0.2) is 18.3 Å². The number of nitrogen functional groups attached to an aromatic ring is 1. The number of aromatic nitrogens is 1. The van der Waals surface area contributed by atoms with Crippen LogP contribution in [0.4, 0.5) is 11.5 Å². The Kier molecular flexibility index (Phi) is 1.66. The lowest BCUT2D eigenvalue weighted by atomic mass is 10.1. The third kappa shape index (κ3) is 1.33. The van der Waals surface area contributed by atoms with Gasteiger partial charge in [-0.2, -0.15) is 0 Å². The van der Waals surface area contributed by atoms with E-state index in [4.69, 9.17) is 5.73 Å². The summed E-state index contributed by atoms with van der Waals surface area (Å²) in [4.78, 5) is 6.45. The summed E-state index contributed by atoms with van der Waals surface area (Å²) in [7, 11) is 0. The second-order valence-corrected chi connectivity index (χ2v) is 4.43. The minimum Gasteiger partial charge on any atom is -0.384 e. The minimum absolute atomic E-state index is 0.625. The van der Waals surface area contributed by atoms with Crippen molar-refractivity contribution in [1.29, 1.82) is 0 Å². The van der Waals surface area contributed by atoms with E-state index in [1.165, 1.54) is 31.6 Å². The van der Waals surface area contributed by atoms with E-state index in [1.807, 2.05) is 6.07 Å². The Bertz CT molecular complexity index is 350. The molecule has 74 valence electrons. The van der Waals surface area contributed by atoms with E-state index in [1.54, 1.807) is 6.20 Å². The molecule has 1 aliphatic carbocycles. The number of rotatable bonds is 1. The molecule has 3 heteroatoms. The lowest BCUT2D eigenvalue weighted by Gasteiger charge is -2.28. The molecule has 3 rings (SSSR count). The SMILES string of the molecule is Nc1cc(N2CCC3CC3C2)ccn1. The highest BCUT2D eigenvalue weighted by Gasteiger charge is 2.41. The lowest BCUT2D eigenvalue weighted by molar-refractivity contribution is 0.551. The topological polar surface area (TPSA) is 42.1 Å². The highest BCUT2D eigenvalue weighted by Crippen LogP contribution is 2.45. The molecule has 1 aliphatic heterocycles. The molecule has 3 nitrogen and oxygen atoms in total. The van der Waals surface area contributed by atoms with E-state index in [-0.39, 0.29) is 0 Å². The summed E-state index contributed by atoms with van der Waals surface area (Å²) < 4.78 is 0. The van der Waals surface area contributed by atoms with Crippen molar-refractivity contribution in [3.05, 3.63) is 18.3 Å². The van der Waals surface area contributed by atoms with Crippen molar-refractivity contribution in [3.63, 3.8) is 0 Å². The first-order valence-electron chi connectivity index (χ1n) is 5.29. The maximum absolute atomic E-state index is 5.67. The second kappa shape index (κ2) is 2.87. The van der Waals surface area contributed by atoms with Gasteiger partial charge >= 0.3 is 0 Å². The van der Waals surface area contributed by atoms with Gasteiger partial charge in [-0.3, -0.25) is 0 Å². The van der Waals surface area contributed by atoms with Gasteiger partial charge in [0, 0.05) is 31.0 Å². The van der Waals surface area contributed by atoms with Crippen molar-refractivity contribution >= 4 is 11.5 Å². The third-order valence-corrected chi connectivity index (χ3v) is 3.42. The Morgan fingerprint density at radius 3 is 3.14 bits per heavy atom. The molecule has 2 heterocycles. The van der Waals surface area contributed by atoms with Crippen LogP contribution in [-0.2, 0) is 0 Å². The van der Waals surface area contributed by atoms with Crippen molar-refractivity contribution in [3.8, 4) is 0 Å². The fourth-order valence-electron chi connectivity index (χ4n) is 2.45. The van der Waals surface area contributed by atoms with Crippen molar-refractivity contribution in [1.82, 2.24) is 4.98 Å². The molecular weight excluding hydrogens is 174 g/mol. The van der Waals surface area contributed by atoms with Gasteiger partial charge in [0.05, 0.1) is 0 Å². The van der Waals surface area contributed by atoms with Crippen LogP contribution >= 0.6 is 0 Å². The van der Waals surface area contributed by atoms with E-state index in [9.17, 15) is 0 Å². The maximum Gasteiger partial charge on any atom is 0.125 e. The molecule has 0 aromatic carbocycles. The molecule has 0 spiro atoms. The Balaban J connectivity index is 1.80. The molecule has 1 aromatic heterocycles. The highest BCUT2D eigenvalue weighted by molar-refractivity contribution is 5.52. The van der Waals surface area contributed by atoms with Gasteiger partial charge in [-0.15, -0.1) is 0 Å². The normalized spacial score (nSPS) is 29.9. The molecule has 1 saturated heterocycles. The summed E-state index contributed by atoms with van der Waals surface area (Å²) in [5, 5.41) is 0. The molecule has 2 aliphatic rings. The minimum atomic E-state index is 0.625. The maximum atomic E-state index is 5.67. The number of nitrogens with zero attached hydrogens (tertiary/aromatic N) is 2. The van der Waals surface area contributed by atoms with Gasteiger partial charge in [0.2, 0.25) is 0 Å². The van der Waals surface area contributed by atoms with Gasteiger partial charge in [0.25, 0.3) is 0 Å². The summed E-state index contributed by atoms with van der Waals surface area (Å²) in [6, 6.07) is 4.03. The van der Waals surface area contributed by atoms with Crippen LogP contribution < -0.4 is 10.6 Å². The fraction of sp³-hybridized carbons (Fsp3) is 0.545. The van der Waals surface area contributed by atoms with Crippen LogP contribution in [0.25, 0.3) is 0 Å². The zero-order chi connectivity index (χ0) is 9.54. The summed E-state index contributed by atoms with van der Waals surface area (Å²) in [6.07, 6.45) is 4.59. The molecule has 0 radical (unpaired) electrons. The number of pyridine rings is 1. The third-order valence-electron chi connectivity index (χ3n) is 3.42. The van der Waals surface area contributed by atoms with Crippen LogP contribution in [0, 0.1) is 11.8 Å². The molecule has 2 fully saturated rings. The van der Waals surface area contributed by atoms with Crippen molar-refractivity contribution in [2.24, 2.45) is 11.8 Å². The number of anilines is 2. The van der Waals surface area contributed by atoms with Crippen LogP contribution in [0.2, 0.25) is 0 Å². The Morgan fingerprint density at radius 1 is 1.43 bits per heavy atom. The lowest BCUT2D eigenvalue weighted by Crippen LogP contribution is -2.31. The average molecular weight is 189 g/mol. The number of fused-ring (bicyclic) bond motifs is 1. The van der Waals surface area contributed by atoms with E-state index >= 15 is 0 Å². The first-order chi connectivity index (χ1) is 6.83. The fourth-order valence-corrected chi connectivity index (χ4v) is 2.45. The molecule has 2 unspecified atom stereocenters. The number of hydrogen-bond acceptors (Lipinski definition) is 3. The molecular formula is C11H15N3. The summed E-state index contributed by atoms with van der Waals surface area (Å²) in [5.41, 5.74) is 6.91. The molecule has 1 aromatic rings.